The maximum Gasteiger partial charge on any atom is 0.263 e. The van der Waals surface area contributed by atoms with Gasteiger partial charge in [-0.05, 0) is 38.5 Å². The first-order chi connectivity index (χ1) is 11.9. The molecule has 0 saturated carbocycles. The van der Waals surface area contributed by atoms with Gasteiger partial charge in [0.1, 0.15) is 10.6 Å². The third-order valence-corrected chi connectivity index (χ3v) is 5.04. The van der Waals surface area contributed by atoms with Gasteiger partial charge in [0.05, 0.1) is 30.3 Å². The van der Waals surface area contributed by atoms with Crippen LogP contribution in [0.3, 0.4) is 0 Å². The van der Waals surface area contributed by atoms with Gasteiger partial charge < -0.3 is 14.6 Å². The fourth-order valence-electron chi connectivity index (χ4n) is 2.74. The summed E-state index contributed by atoms with van der Waals surface area (Å²) in [7, 11) is 0. The van der Waals surface area contributed by atoms with Crippen LogP contribution >= 0.6 is 11.3 Å². The molecule has 25 heavy (non-hydrogen) atoms. The molecule has 0 aliphatic heterocycles. The normalized spacial score (nSPS) is 12.3. The van der Waals surface area contributed by atoms with Gasteiger partial charge in [0, 0.05) is 10.4 Å². The molecule has 2 heterocycles. The van der Waals surface area contributed by atoms with E-state index in [-0.39, 0.29) is 5.56 Å². The lowest BCUT2D eigenvalue weighted by molar-refractivity contribution is -0.309. The van der Waals surface area contributed by atoms with Gasteiger partial charge in [0.25, 0.3) is 5.56 Å². The first-order valence-electron chi connectivity index (χ1n) is 7.88. The van der Waals surface area contributed by atoms with Crippen molar-refractivity contribution in [3.63, 3.8) is 0 Å². The van der Waals surface area contributed by atoms with E-state index in [4.69, 9.17) is 4.74 Å². The molecule has 3 rings (SSSR count). The van der Waals surface area contributed by atoms with Crippen LogP contribution in [0.4, 0.5) is 0 Å². The topological polar surface area (TPSA) is 84.2 Å². The number of carbonyl (C=O) groups excluding carboxylic acids is 1. The van der Waals surface area contributed by atoms with E-state index in [2.05, 4.69) is 4.98 Å². The number of fused-ring (bicyclic) bond motifs is 1. The van der Waals surface area contributed by atoms with Crippen molar-refractivity contribution in [3.8, 4) is 16.9 Å². The van der Waals surface area contributed by atoms with Crippen molar-refractivity contribution in [2.24, 2.45) is 0 Å². The number of thiophene rings is 1. The Morgan fingerprint density at radius 2 is 2.04 bits per heavy atom. The smallest absolute Gasteiger partial charge is 0.263 e. The highest BCUT2D eigenvalue weighted by molar-refractivity contribution is 7.19. The number of benzene rings is 1. The summed E-state index contributed by atoms with van der Waals surface area (Å²) in [5, 5.41) is 11.6. The number of carboxylic acids is 1. The number of carbonyl (C=O) groups is 1. The van der Waals surface area contributed by atoms with Crippen LogP contribution < -0.4 is 15.4 Å². The van der Waals surface area contributed by atoms with Crippen LogP contribution in [-0.4, -0.2) is 22.1 Å². The van der Waals surface area contributed by atoms with Gasteiger partial charge >= 0.3 is 0 Å². The third kappa shape index (κ3) is 3.02. The molecule has 3 aromatic rings. The summed E-state index contributed by atoms with van der Waals surface area (Å²) >= 11 is 1.41. The number of rotatable bonds is 5. The van der Waals surface area contributed by atoms with E-state index in [1.165, 1.54) is 24.6 Å². The lowest BCUT2D eigenvalue weighted by Gasteiger charge is -2.15. The molecular weight excluding hydrogens is 340 g/mol. The number of nitrogens with zero attached hydrogens (tertiary/aromatic N) is 2. The summed E-state index contributed by atoms with van der Waals surface area (Å²) in [6.45, 7) is 5.82. The van der Waals surface area contributed by atoms with Crippen molar-refractivity contribution in [1.29, 1.82) is 0 Å². The maximum atomic E-state index is 12.9. The molecular formula is C18H17N2O4S-. The number of aliphatic carboxylic acids is 1. The molecule has 1 aromatic carbocycles. The van der Waals surface area contributed by atoms with Crippen molar-refractivity contribution in [2.75, 3.05) is 6.61 Å². The lowest BCUT2D eigenvalue weighted by atomic mass is 10.0. The first-order valence-corrected chi connectivity index (χ1v) is 8.70. The highest BCUT2D eigenvalue weighted by Crippen LogP contribution is 2.36. The van der Waals surface area contributed by atoms with Gasteiger partial charge in [-0.3, -0.25) is 9.36 Å². The van der Waals surface area contributed by atoms with Crippen LogP contribution in [0.1, 0.15) is 24.8 Å². The fraction of sp³-hybridized carbons (Fsp3) is 0.278. The van der Waals surface area contributed by atoms with E-state index in [1.54, 1.807) is 0 Å². The summed E-state index contributed by atoms with van der Waals surface area (Å²) in [6.07, 6.45) is 1.27. The molecule has 0 amide bonds. The Balaban J connectivity index is 2.21. The Morgan fingerprint density at radius 3 is 2.64 bits per heavy atom. The van der Waals surface area contributed by atoms with E-state index >= 15 is 0 Å². The van der Waals surface area contributed by atoms with E-state index < -0.39 is 12.0 Å². The summed E-state index contributed by atoms with van der Waals surface area (Å²) in [5.74, 6) is -0.567. The summed E-state index contributed by atoms with van der Waals surface area (Å²) in [4.78, 5) is 29.8. The Kier molecular flexibility index (Phi) is 4.59. The van der Waals surface area contributed by atoms with Crippen LogP contribution in [0.15, 0.2) is 35.4 Å². The zero-order chi connectivity index (χ0) is 18.1. The molecule has 0 N–H and O–H groups in total. The molecule has 0 aliphatic carbocycles. The van der Waals surface area contributed by atoms with Gasteiger partial charge in [-0.2, -0.15) is 0 Å². The van der Waals surface area contributed by atoms with Gasteiger partial charge in [0.2, 0.25) is 0 Å². The number of carboxylic acid groups (broad SMARTS) is 1. The number of ether oxygens (including phenoxy) is 1. The van der Waals surface area contributed by atoms with Crippen molar-refractivity contribution in [2.45, 2.75) is 26.8 Å². The predicted octanol–water partition coefficient (Wildman–Crippen LogP) is 2.14. The third-order valence-electron chi connectivity index (χ3n) is 4.03. The molecule has 1 unspecified atom stereocenters. The standard InChI is InChI=1S/C18H18N2O4S/c1-4-24-13-7-5-12(6-8-13)14-11(3)25-16-15(14)17(21)20(9-19-16)10(2)18(22)23/h5-10H,4H2,1-3H3,(H,22,23)/p-1. The van der Waals surface area contributed by atoms with E-state index in [9.17, 15) is 14.7 Å². The molecule has 1 atom stereocenters. The number of aromatic nitrogens is 2. The first kappa shape index (κ1) is 17.2. The highest BCUT2D eigenvalue weighted by Gasteiger charge is 2.19. The van der Waals surface area contributed by atoms with Crippen LogP contribution in [0, 0.1) is 6.92 Å². The van der Waals surface area contributed by atoms with Crippen LogP contribution in [0.25, 0.3) is 21.3 Å². The molecule has 0 spiro atoms. The minimum absolute atomic E-state index is 0.380. The largest absolute Gasteiger partial charge is 0.548 e. The van der Waals surface area contributed by atoms with Crippen molar-refractivity contribution >= 4 is 27.5 Å². The van der Waals surface area contributed by atoms with Gasteiger partial charge in [0.15, 0.2) is 0 Å². The second-order valence-corrected chi connectivity index (χ2v) is 6.83. The molecule has 130 valence electrons. The number of aryl methyl sites for hydroxylation is 1. The lowest BCUT2D eigenvalue weighted by Crippen LogP contribution is -2.36. The van der Waals surface area contributed by atoms with Crippen molar-refractivity contribution < 1.29 is 14.6 Å². The molecule has 0 saturated heterocycles. The monoisotopic (exact) mass is 357 g/mol. The maximum absolute atomic E-state index is 12.9. The van der Waals surface area contributed by atoms with E-state index in [1.807, 2.05) is 38.1 Å². The zero-order valence-electron chi connectivity index (χ0n) is 14.1. The van der Waals surface area contributed by atoms with Crippen molar-refractivity contribution in [1.82, 2.24) is 9.55 Å². The summed E-state index contributed by atoms with van der Waals surface area (Å²) < 4.78 is 6.55. The molecule has 0 bridgehead atoms. The average Bonchev–Trinajstić information content (AvgIpc) is 2.92. The number of hydrogen-bond donors (Lipinski definition) is 0. The predicted molar refractivity (Wildman–Crippen MR) is 94.9 cm³/mol. The Morgan fingerprint density at radius 1 is 1.36 bits per heavy atom. The van der Waals surface area contributed by atoms with Crippen molar-refractivity contribution in [3.05, 3.63) is 45.8 Å². The van der Waals surface area contributed by atoms with Gasteiger partial charge in [-0.15, -0.1) is 11.3 Å². The van der Waals surface area contributed by atoms with E-state index in [0.717, 1.165) is 26.3 Å². The second kappa shape index (κ2) is 6.68. The average molecular weight is 357 g/mol. The zero-order valence-corrected chi connectivity index (χ0v) is 14.9. The highest BCUT2D eigenvalue weighted by atomic mass is 32.1. The molecule has 0 radical (unpaired) electrons. The Labute approximate surface area is 148 Å². The quantitative estimate of drug-likeness (QED) is 0.698. The van der Waals surface area contributed by atoms with Crippen LogP contribution in [0.5, 0.6) is 5.75 Å². The minimum Gasteiger partial charge on any atom is -0.548 e. The van der Waals surface area contributed by atoms with Crippen LogP contribution in [-0.2, 0) is 4.79 Å². The molecule has 6 nitrogen and oxygen atoms in total. The second-order valence-electron chi connectivity index (χ2n) is 5.62. The summed E-state index contributed by atoms with van der Waals surface area (Å²) in [5.41, 5.74) is 1.26. The molecule has 2 aromatic heterocycles. The van der Waals surface area contributed by atoms with E-state index in [0.29, 0.717) is 16.8 Å². The Hall–Kier alpha value is -2.67. The molecule has 7 heteroatoms. The minimum atomic E-state index is -1.32. The SMILES string of the molecule is CCOc1ccc(-c2c(C)sc3ncn(C(C)C(=O)[O-])c(=O)c23)cc1. The number of hydrogen-bond acceptors (Lipinski definition) is 6. The van der Waals surface area contributed by atoms with Gasteiger partial charge in [-0.25, -0.2) is 4.98 Å². The molecule has 0 fully saturated rings. The summed E-state index contributed by atoms with van der Waals surface area (Å²) in [6, 6.07) is 6.38. The molecule has 0 aliphatic rings. The fourth-order valence-corrected chi connectivity index (χ4v) is 3.74. The van der Waals surface area contributed by atoms with Gasteiger partial charge in [-0.1, -0.05) is 12.1 Å². The van der Waals surface area contributed by atoms with Crippen LogP contribution in [0.2, 0.25) is 0 Å². The Bertz CT molecular complexity index is 989.